The Morgan fingerprint density at radius 3 is 2.61 bits per heavy atom. The highest BCUT2D eigenvalue weighted by atomic mass is 35.5. The molecule has 8 heteroatoms. The van der Waals surface area contributed by atoms with Crippen LogP contribution < -0.4 is 10.6 Å². The SMILES string of the molecule is CN=C(NCCN1CCS(=O)(=O)CC1)NCc1ccccc1Cl. The molecule has 0 spiro atoms. The first kappa shape index (κ1) is 18.0. The van der Waals surface area contributed by atoms with Crippen LogP contribution in [0.25, 0.3) is 0 Å². The van der Waals surface area contributed by atoms with Gasteiger partial charge in [0.15, 0.2) is 15.8 Å². The lowest BCUT2D eigenvalue weighted by Gasteiger charge is -2.26. The minimum absolute atomic E-state index is 0.256. The Morgan fingerprint density at radius 1 is 1.26 bits per heavy atom. The van der Waals surface area contributed by atoms with Gasteiger partial charge in [-0.1, -0.05) is 29.8 Å². The molecular formula is C15H23ClN4O2S. The third kappa shape index (κ3) is 6.01. The summed E-state index contributed by atoms with van der Waals surface area (Å²) in [7, 11) is -1.10. The van der Waals surface area contributed by atoms with E-state index in [1.165, 1.54) is 0 Å². The molecule has 0 radical (unpaired) electrons. The van der Waals surface area contributed by atoms with Crippen molar-refractivity contribution in [2.24, 2.45) is 4.99 Å². The largest absolute Gasteiger partial charge is 0.355 e. The maximum absolute atomic E-state index is 11.4. The van der Waals surface area contributed by atoms with Gasteiger partial charge in [0.1, 0.15) is 0 Å². The Bertz CT molecular complexity index is 635. The Labute approximate surface area is 142 Å². The van der Waals surface area contributed by atoms with Crippen LogP contribution in [0, 0.1) is 0 Å². The summed E-state index contributed by atoms with van der Waals surface area (Å²) in [5.74, 6) is 1.22. The average molecular weight is 359 g/mol. The number of hydrogen-bond donors (Lipinski definition) is 2. The number of sulfone groups is 1. The van der Waals surface area contributed by atoms with Crippen molar-refractivity contribution in [3.05, 3.63) is 34.9 Å². The second-order valence-electron chi connectivity index (χ2n) is 5.44. The second kappa shape index (κ2) is 8.52. The maximum Gasteiger partial charge on any atom is 0.191 e. The van der Waals surface area contributed by atoms with E-state index in [0.717, 1.165) is 17.1 Å². The van der Waals surface area contributed by atoms with Gasteiger partial charge in [-0.15, -0.1) is 0 Å². The first-order chi connectivity index (χ1) is 11.0. The van der Waals surface area contributed by atoms with Crippen LogP contribution in [0.5, 0.6) is 0 Å². The molecular weight excluding hydrogens is 336 g/mol. The molecule has 0 unspecified atom stereocenters. The smallest absolute Gasteiger partial charge is 0.191 e. The van der Waals surface area contributed by atoms with Gasteiger partial charge in [0.25, 0.3) is 0 Å². The van der Waals surface area contributed by atoms with Crippen LogP contribution >= 0.6 is 11.6 Å². The molecule has 1 aromatic carbocycles. The first-order valence-electron chi connectivity index (χ1n) is 7.61. The van der Waals surface area contributed by atoms with E-state index in [1.54, 1.807) is 7.05 Å². The van der Waals surface area contributed by atoms with Gasteiger partial charge in [0, 0.05) is 44.8 Å². The zero-order valence-electron chi connectivity index (χ0n) is 13.3. The minimum atomic E-state index is -2.82. The fourth-order valence-electron chi connectivity index (χ4n) is 2.35. The zero-order chi connectivity index (χ0) is 16.7. The van der Waals surface area contributed by atoms with Crippen molar-refractivity contribution >= 4 is 27.4 Å². The topological polar surface area (TPSA) is 73.8 Å². The molecule has 0 atom stereocenters. The molecule has 0 aliphatic carbocycles. The van der Waals surface area contributed by atoms with Crippen LogP contribution in [0.4, 0.5) is 0 Å². The number of aliphatic imine (C=N–C) groups is 1. The van der Waals surface area contributed by atoms with Crippen LogP contribution in [-0.2, 0) is 16.4 Å². The minimum Gasteiger partial charge on any atom is -0.355 e. The number of benzene rings is 1. The van der Waals surface area contributed by atoms with E-state index in [-0.39, 0.29) is 11.5 Å². The molecule has 0 bridgehead atoms. The molecule has 1 fully saturated rings. The van der Waals surface area contributed by atoms with Crippen molar-refractivity contribution in [3.8, 4) is 0 Å². The van der Waals surface area contributed by atoms with Gasteiger partial charge in [0.05, 0.1) is 11.5 Å². The third-order valence-corrected chi connectivity index (χ3v) is 5.76. The van der Waals surface area contributed by atoms with Crippen LogP contribution in [-0.4, -0.2) is 64.0 Å². The Morgan fingerprint density at radius 2 is 1.96 bits per heavy atom. The highest BCUT2D eigenvalue weighted by molar-refractivity contribution is 7.91. The number of nitrogens with one attached hydrogen (secondary N) is 2. The second-order valence-corrected chi connectivity index (χ2v) is 8.15. The molecule has 23 heavy (non-hydrogen) atoms. The summed E-state index contributed by atoms with van der Waals surface area (Å²) >= 11 is 6.12. The predicted octanol–water partition coefficient (Wildman–Crippen LogP) is 0.735. The lowest BCUT2D eigenvalue weighted by atomic mass is 10.2. The molecule has 0 saturated carbocycles. The van der Waals surface area contributed by atoms with Crippen LogP contribution in [0.3, 0.4) is 0 Å². The maximum atomic E-state index is 11.4. The lowest BCUT2D eigenvalue weighted by Crippen LogP contribution is -2.45. The van der Waals surface area contributed by atoms with Gasteiger partial charge in [-0.2, -0.15) is 0 Å². The standard InChI is InChI=1S/C15H23ClN4O2S/c1-17-15(19-12-13-4-2-3-5-14(13)16)18-6-7-20-8-10-23(21,22)11-9-20/h2-5H,6-12H2,1H3,(H2,17,18,19). The normalized spacial score (nSPS) is 18.6. The van der Waals surface area contributed by atoms with E-state index >= 15 is 0 Å². The number of rotatable bonds is 5. The molecule has 1 aliphatic rings. The van der Waals surface area contributed by atoms with E-state index in [4.69, 9.17) is 11.6 Å². The molecule has 2 N–H and O–H groups in total. The van der Waals surface area contributed by atoms with Gasteiger partial charge in [0.2, 0.25) is 0 Å². The van der Waals surface area contributed by atoms with Crippen molar-refractivity contribution in [3.63, 3.8) is 0 Å². The van der Waals surface area contributed by atoms with Gasteiger partial charge < -0.3 is 10.6 Å². The molecule has 1 aromatic rings. The summed E-state index contributed by atoms with van der Waals surface area (Å²) in [6, 6.07) is 7.68. The molecule has 0 amide bonds. The summed E-state index contributed by atoms with van der Waals surface area (Å²) in [4.78, 5) is 6.32. The quantitative estimate of drug-likeness (QED) is 0.600. The van der Waals surface area contributed by atoms with E-state index in [1.807, 2.05) is 24.3 Å². The van der Waals surface area contributed by atoms with Crippen molar-refractivity contribution < 1.29 is 8.42 Å². The van der Waals surface area contributed by atoms with E-state index in [0.29, 0.717) is 32.1 Å². The fourth-order valence-corrected chi connectivity index (χ4v) is 3.83. The molecule has 2 rings (SSSR count). The fraction of sp³-hybridized carbons (Fsp3) is 0.533. The molecule has 1 aliphatic heterocycles. The van der Waals surface area contributed by atoms with Gasteiger partial charge in [-0.3, -0.25) is 9.89 Å². The first-order valence-corrected chi connectivity index (χ1v) is 9.81. The number of nitrogens with zero attached hydrogens (tertiary/aromatic N) is 2. The molecule has 1 heterocycles. The number of halogens is 1. The van der Waals surface area contributed by atoms with Crippen molar-refractivity contribution in [1.29, 1.82) is 0 Å². The predicted molar refractivity (Wildman–Crippen MR) is 94.7 cm³/mol. The molecule has 1 saturated heterocycles. The van der Waals surface area contributed by atoms with E-state index < -0.39 is 9.84 Å². The van der Waals surface area contributed by atoms with Crippen LogP contribution in [0.1, 0.15) is 5.56 Å². The van der Waals surface area contributed by atoms with E-state index in [9.17, 15) is 8.42 Å². The van der Waals surface area contributed by atoms with Gasteiger partial charge in [-0.05, 0) is 11.6 Å². The monoisotopic (exact) mass is 358 g/mol. The summed E-state index contributed by atoms with van der Waals surface area (Å²) in [5, 5.41) is 7.18. The Balaban J connectivity index is 1.70. The average Bonchev–Trinajstić information content (AvgIpc) is 2.53. The summed E-state index contributed by atoms with van der Waals surface area (Å²) in [6.07, 6.45) is 0. The third-order valence-electron chi connectivity index (χ3n) is 3.79. The van der Waals surface area contributed by atoms with E-state index in [2.05, 4.69) is 20.5 Å². The number of guanidine groups is 1. The molecule has 128 valence electrons. The van der Waals surface area contributed by atoms with Gasteiger partial charge in [-0.25, -0.2) is 8.42 Å². The molecule has 0 aromatic heterocycles. The lowest BCUT2D eigenvalue weighted by molar-refractivity contribution is 0.299. The molecule has 6 nitrogen and oxygen atoms in total. The number of hydrogen-bond acceptors (Lipinski definition) is 4. The Hall–Kier alpha value is -1.31. The van der Waals surface area contributed by atoms with Gasteiger partial charge >= 0.3 is 0 Å². The summed E-state index contributed by atoms with van der Waals surface area (Å²) in [6.45, 7) is 3.32. The van der Waals surface area contributed by atoms with Crippen molar-refractivity contribution in [1.82, 2.24) is 15.5 Å². The van der Waals surface area contributed by atoms with Crippen molar-refractivity contribution in [2.75, 3.05) is 44.7 Å². The van der Waals surface area contributed by atoms with Crippen molar-refractivity contribution in [2.45, 2.75) is 6.54 Å². The highest BCUT2D eigenvalue weighted by Crippen LogP contribution is 2.14. The summed E-state index contributed by atoms with van der Waals surface area (Å²) in [5.41, 5.74) is 1.01. The Kier molecular flexibility index (Phi) is 6.68. The van der Waals surface area contributed by atoms with Crippen LogP contribution in [0.2, 0.25) is 5.02 Å². The zero-order valence-corrected chi connectivity index (χ0v) is 14.8. The van der Waals surface area contributed by atoms with Crippen LogP contribution in [0.15, 0.2) is 29.3 Å². The highest BCUT2D eigenvalue weighted by Gasteiger charge is 2.20. The summed E-state index contributed by atoms with van der Waals surface area (Å²) < 4.78 is 22.8.